The highest BCUT2D eigenvalue weighted by atomic mass is 16.5. The van der Waals surface area contributed by atoms with Gasteiger partial charge < -0.3 is 15.2 Å². The highest BCUT2D eigenvalue weighted by molar-refractivity contribution is 5.47. The Morgan fingerprint density at radius 3 is 2.75 bits per heavy atom. The normalized spacial score (nSPS) is 11.9. The zero-order valence-electron chi connectivity index (χ0n) is 12.1. The van der Waals surface area contributed by atoms with Crippen molar-refractivity contribution < 1.29 is 9.84 Å². The number of phenolic OH excluding ortho intramolecular Hbond substituents is 1. The molecule has 1 aromatic carbocycles. The van der Waals surface area contributed by atoms with Gasteiger partial charge in [-0.3, -0.25) is 0 Å². The van der Waals surface area contributed by atoms with E-state index in [1.807, 2.05) is 45.0 Å². The van der Waals surface area contributed by atoms with Gasteiger partial charge in [-0.15, -0.1) is 0 Å². The lowest BCUT2D eigenvalue weighted by molar-refractivity contribution is 0.327. The fourth-order valence-electron chi connectivity index (χ4n) is 2.05. The van der Waals surface area contributed by atoms with Crippen molar-refractivity contribution in [2.75, 3.05) is 11.9 Å². The third-order valence-electron chi connectivity index (χ3n) is 3.06. The number of aromatic hydroxyl groups is 1. The number of phenols is 1. The van der Waals surface area contributed by atoms with Crippen LogP contribution in [0.15, 0.2) is 36.5 Å². The number of nitrogens with zero attached hydrogens (tertiary/aromatic N) is 1. The number of rotatable bonds is 5. The summed E-state index contributed by atoms with van der Waals surface area (Å²) in [6, 6.07) is 9.34. The summed E-state index contributed by atoms with van der Waals surface area (Å²) < 4.78 is 5.31. The van der Waals surface area contributed by atoms with Gasteiger partial charge in [-0.05, 0) is 32.9 Å². The molecule has 1 atom stereocenters. The van der Waals surface area contributed by atoms with Crippen LogP contribution in [0.3, 0.4) is 0 Å². The number of nitrogens with one attached hydrogen (secondary N) is 1. The fraction of sp³-hybridized carbons (Fsp3) is 0.312. The molecule has 0 radical (unpaired) electrons. The molecular formula is C16H20N2O2. The third kappa shape index (κ3) is 3.41. The van der Waals surface area contributed by atoms with E-state index in [0.717, 1.165) is 16.8 Å². The molecule has 2 aromatic rings. The van der Waals surface area contributed by atoms with Crippen molar-refractivity contribution in [3.63, 3.8) is 0 Å². The van der Waals surface area contributed by atoms with Crippen molar-refractivity contribution in [1.29, 1.82) is 0 Å². The van der Waals surface area contributed by atoms with Gasteiger partial charge >= 0.3 is 0 Å². The Kier molecular flexibility index (Phi) is 4.45. The molecule has 0 aliphatic carbocycles. The van der Waals surface area contributed by atoms with Crippen LogP contribution in [-0.4, -0.2) is 16.7 Å². The summed E-state index contributed by atoms with van der Waals surface area (Å²) in [5.41, 5.74) is 2.89. The first kappa shape index (κ1) is 14.2. The van der Waals surface area contributed by atoms with Crippen molar-refractivity contribution >= 4 is 5.69 Å². The molecule has 1 unspecified atom stereocenters. The number of anilines is 1. The predicted octanol–water partition coefficient (Wildman–Crippen LogP) is 3.67. The minimum Gasteiger partial charge on any atom is -0.508 e. The van der Waals surface area contributed by atoms with Gasteiger partial charge in [-0.1, -0.05) is 17.7 Å². The van der Waals surface area contributed by atoms with E-state index in [2.05, 4.69) is 10.3 Å². The maximum atomic E-state index is 9.92. The van der Waals surface area contributed by atoms with Crippen molar-refractivity contribution in [2.45, 2.75) is 26.8 Å². The van der Waals surface area contributed by atoms with Crippen molar-refractivity contribution in [3.05, 3.63) is 47.7 Å². The molecule has 0 amide bonds. The van der Waals surface area contributed by atoms with Gasteiger partial charge in [0.2, 0.25) is 5.88 Å². The maximum Gasteiger partial charge on any atom is 0.213 e. The zero-order chi connectivity index (χ0) is 14.5. The molecule has 4 nitrogen and oxygen atoms in total. The average Bonchev–Trinajstić information content (AvgIpc) is 2.44. The van der Waals surface area contributed by atoms with Gasteiger partial charge in [0.15, 0.2) is 0 Å². The van der Waals surface area contributed by atoms with E-state index in [1.165, 1.54) is 0 Å². The number of hydrogen-bond acceptors (Lipinski definition) is 4. The minimum absolute atomic E-state index is 0.00496. The molecular weight excluding hydrogens is 252 g/mol. The highest BCUT2D eigenvalue weighted by Gasteiger charge is 2.10. The Bertz CT molecular complexity index is 567. The molecule has 20 heavy (non-hydrogen) atoms. The van der Waals surface area contributed by atoms with E-state index in [9.17, 15) is 5.11 Å². The Morgan fingerprint density at radius 2 is 2.10 bits per heavy atom. The molecule has 0 spiro atoms. The largest absolute Gasteiger partial charge is 0.508 e. The molecule has 0 aliphatic heterocycles. The molecule has 0 bridgehead atoms. The highest BCUT2D eigenvalue weighted by Crippen LogP contribution is 2.27. The second kappa shape index (κ2) is 6.28. The van der Waals surface area contributed by atoms with Crippen LogP contribution in [0.1, 0.15) is 31.0 Å². The Morgan fingerprint density at radius 1 is 1.30 bits per heavy atom. The van der Waals surface area contributed by atoms with Crippen LogP contribution in [0.25, 0.3) is 0 Å². The number of pyridine rings is 1. The minimum atomic E-state index is -0.00496. The molecule has 0 saturated heterocycles. The molecule has 0 aliphatic rings. The summed E-state index contributed by atoms with van der Waals surface area (Å²) in [5.74, 6) is 0.915. The topological polar surface area (TPSA) is 54.4 Å². The lowest BCUT2D eigenvalue weighted by Crippen LogP contribution is -2.07. The van der Waals surface area contributed by atoms with Gasteiger partial charge in [0.1, 0.15) is 5.75 Å². The summed E-state index contributed by atoms with van der Waals surface area (Å²) in [6.07, 6.45) is 1.73. The van der Waals surface area contributed by atoms with E-state index in [4.69, 9.17) is 4.74 Å². The molecule has 4 heteroatoms. The predicted molar refractivity (Wildman–Crippen MR) is 80.3 cm³/mol. The first-order chi connectivity index (χ1) is 9.60. The van der Waals surface area contributed by atoms with Gasteiger partial charge in [0, 0.05) is 11.6 Å². The number of hydrogen-bond donors (Lipinski definition) is 2. The Balaban J connectivity index is 2.10. The van der Waals surface area contributed by atoms with Crippen LogP contribution < -0.4 is 10.1 Å². The SMILES string of the molecule is CCOc1ccc(NC(C)c2cc(C)ccc2O)cn1. The number of benzene rings is 1. The van der Waals surface area contributed by atoms with Gasteiger partial charge in [-0.25, -0.2) is 4.98 Å². The molecule has 0 fully saturated rings. The molecule has 0 saturated carbocycles. The quantitative estimate of drug-likeness (QED) is 0.872. The van der Waals surface area contributed by atoms with Crippen LogP contribution in [0.5, 0.6) is 11.6 Å². The second-order valence-electron chi connectivity index (χ2n) is 4.75. The number of aromatic nitrogens is 1. The standard InChI is InChI=1S/C16H20N2O2/c1-4-20-16-8-6-13(10-17-16)18-12(3)14-9-11(2)5-7-15(14)19/h5-10,12,18-19H,4H2,1-3H3. The van der Waals surface area contributed by atoms with E-state index >= 15 is 0 Å². The summed E-state index contributed by atoms with van der Waals surface area (Å²) in [4.78, 5) is 4.21. The van der Waals surface area contributed by atoms with E-state index in [0.29, 0.717) is 18.2 Å². The van der Waals surface area contributed by atoms with Crippen LogP contribution in [0.2, 0.25) is 0 Å². The summed E-state index contributed by atoms with van der Waals surface area (Å²) in [7, 11) is 0. The fourth-order valence-corrected chi connectivity index (χ4v) is 2.05. The lowest BCUT2D eigenvalue weighted by Gasteiger charge is -2.17. The number of ether oxygens (including phenoxy) is 1. The molecule has 1 aromatic heterocycles. The van der Waals surface area contributed by atoms with Crippen molar-refractivity contribution in [3.8, 4) is 11.6 Å². The van der Waals surface area contributed by atoms with Gasteiger partial charge in [-0.2, -0.15) is 0 Å². The van der Waals surface area contributed by atoms with Crippen molar-refractivity contribution in [2.24, 2.45) is 0 Å². The maximum absolute atomic E-state index is 9.92. The van der Waals surface area contributed by atoms with Crippen LogP contribution in [0, 0.1) is 6.92 Å². The average molecular weight is 272 g/mol. The van der Waals surface area contributed by atoms with Crippen LogP contribution in [0.4, 0.5) is 5.69 Å². The van der Waals surface area contributed by atoms with E-state index < -0.39 is 0 Å². The van der Waals surface area contributed by atoms with Crippen LogP contribution in [-0.2, 0) is 0 Å². The van der Waals surface area contributed by atoms with E-state index in [1.54, 1.807) is 12.3 Å². The molecule has 2 N–H and O–H groups in total. The first-order valence-corrected chi connectivity index (χ1v) is 6.75. The lowest BCUT2D eigenvalue weighted by atomic mass is 10.0. The molecule has 106 valence electrons. The summed E-state index contributed by atoms with van der Waals surface area (Å²) >= 11 is 0. The third-order valence-corrected chi connectivity index (χ3v) is 3.06. The summed E-state index contributed by atoms with van der Waals surface area (Å²) in [5, 5.41) is 13.2. The summed E-state index contributed by atoms with van der Waals surface area (Å²) in [6.45, 7) is 6.54. The first-order valence-electron chi connectivity index (χ1n) is 6.75. The van der Waals surface area contributed by atoms with E-state index in [-0.39, 0.29) is 6.04 Å². The molecule has 1 heterocycles. The smallest absolute Gasteiger partial charge is 0.213 e. The van der Waals surface area contributed by atoms with Crippen molar-refractivity contribution in [1.82, 2.24) is 4.98 Å². The Labute approximate surface area is 119 Å². The second-order valence-corrected chi connectivity index (χ2v) is 4.75. The Hall–Kier alpha value is -2.23. The zero-order valence-corrected chi connectivity index (χ0v) is 12.1. The number of aryl methyl sites for hydroxylation is 1. The molecule has 2 rings (SSSR count). The van der Waals surface area contributed by atoms with Gasteiger partial charge in [0.25, 0.3) is 0 Å². The van der Waals surface area contributed by atoms with Gasteiger partial charge in [0.05, 0.1) is 24.5 Å². The monoisotopic (exact) mass is 272 g/mol. The van der Waals surface area contributed by atoms with Crippen LogP contribution >= 0.6 is 0 Å².